The van der Waals surface area contributed by atoms with Crippen molar-refractivity contribution < 1.29 is 13.9 Å². The summed E-state index contributed by atoms with van der Waals surface area (Å²) in [5, 5.41) is 4.47. The highest BCUT2D eigenvalue weighted by Gasteiger charge is 2.49. The number of nitrogens with zero attached hydrogens (tertiary/aromatic N) is 3. The smallest absolute Gasteiger partial charge is 0.272 e. The molecule has 1 aromatic carbocycles. The third-order valence-corrected chi connectivity index (χ3v) is 5.71. The Morgan fingerprint density at radius 2 is 2.00 bits per heavy atom. The van der Waals surface area contributed by atoms with Gasteiger partial charge in [-0.3, -0.25) is 9.48 Å². The molecule has 2 heterocycles. The van der Waals surface area contributed by atoms with Crippen molar-refractivity contribution in [2.75, 3.05) is 6.54 Å². The molecule has 5 rings (SSSR count). The summed E-state index contributed by atoms with van der Waals surface area (Å²) in [7, 11) is 0. The van der Waals surface area contributed by atoms with Gasteiger partial charge >= 0.3 is 0 Å². The summed E-state index contributed by atoms with van der Waals surface area (Å²) in [4.78, 5) is 14.9. The van der Waals surface area contributed by atoms with Crippen molar-refractivity contribution in [2.24, 2.45) is 11.8 Å². The summed E-state index contributed by atoms with van der Waals surface area (Å²) in [5.41, 5.74) is 1.34. The molecule has 0 spiro atoms. The Kier molecular flexibility index (Phi) is 3.33. The molecule has 0 N–H and O–H groups in total. The van der Waals surface area contributed by atoms with Crippen LogP contribution in [0.25, 0.3) is 0 Å². The number of aromatic nitrogens is 2. The number of ether oxygens (including phenoxy) is 1. The van der Waals surface area contributed by atoms with E-state index in [-0.39, 0.29) is 18.3 Å². The quantitative estimate of drug-likeness (QED) is 0.859. The van der Waals surface area contributed by atoms with E-state index in [4.69, 9.17) is 4.74 Å². The molecule has 3 aliphatic rings. The summed E-state index contributed by atoms with van der Waals surface area (Å²) >= 11 is 0. The Bertz CT molecular complexity index is 824. The average Bonchev–Trinajstić information content (AvgIpc) is 3.03. The predicted octanol–water partition coefficient (Wildman–Crippen LogP) is 2.86. The van der Waals surface area contributed by atoms with Gasteiger partial charge in [0, 0.05) is 18.7 Å². The molecule has 2 fully saturated rings. The van der Waals surface area contributed by atoms with Crippen LogP contribution in [0.1, 0.15) is 35.4 Å². The van der Waals surface area contributed by atoms with Gasteiger partial charge in [0.1, 0.15) is 29.6 Å². The van der Waals surface area contributed by atoms with Crippen molar-refractivity contribution in [3.63, 3.8) is 0 Å². The molecule has 2 unspecified atom stereocenters. The highest BCUT2D eigenvalue weighted by atomic mass is 19.1. The predicted molar refractivity (Wildman–Crippen MR) is 88.6 cm³/mol. The van der Waals surface area contributed by atoms with E-state index in [2.05, 4.69) is 5.10 Å². The molecule has 1 aliphatic heterocycles. The van der Waals surface area contributed by atoms with E-state index in [1.807, 2.05) is 11.0 Å². The van der Waals surface area contributed by atoms with Crippen molar-refractivity contribution in [1.82, 2.24) is 14.7 Å². The fourth-order valence-corrected chi connectivity index (χ4v) is 4.33. The molecular formula is C19H20FN3O2. The van der Waals surface area contributed by atoms with Crippen LogP contribution < -0.4 is 4.74 Å². The first-order valence-corrected chi connectivity index (χ1v) is 8.93. The van der Waals surface area contributed by atoms with Crippen molar-refractivity contribution >= 4 is 5.91 Å². The van der Waals surface area contributed by atoms with E-state index in [9.17, 15) is 9.18 Å². The SMILES string of the molecule is O=C1c2cc(COc3cccc(F)c3)nn2CCN1C1CC2CC2C1. The van der Waals surface area contributed by atoms with Crippen molar-refractivity contribution in [2.45, 2.75) is 38.5 Å². The van der Waals surface area contributed by atoms with Crippen LogP contribution >= 0.6 is 0 Å². The monoisotopic (exact) mass is 341 g/mol. The van der Waals surface area contributed by atoms with Gasteiger partial charge < -0.3 is 9.64 Å². The lowest BCUT2D eigenvalue weighted by Gasteiger charge is -2.33. The van der Waals surface area contributed by atoms with Crippen LogP contribution in [0.2, 0.25) is 0 Å². The average molecular weight is 341 g/mol. The molecule has 25 heavy (non-hydrogen) atoms. The molecule has 1 amide bonds. The Hall–Kier alpha value is -2.37. The fraction of sp³-hybridized carbons (Fsp3) is 0.474. The summed E-state index contributed by atoms with van der Waals surface area (Å²) in [6.07, 6.45) is 3.69. The van der Waals surface area contributed by atoms with Crippen LogP contribution in [0.15, 0.2) is 30.3 Å². The highest BCUT2D eigenvalue weighted by Crippen LogP contribution is 2.53. The van der Waals surface area contributed by atoms with E-state index in [0.29, 0.717) is 23.2 Å². The van der Waals surface area contributed by atoms with Gasteiger partial charge in [-0.15, -0.1) is 0 Å². The van der Waals surface area contributed by atoms with Gasteiger partial charge in [0.15, 0.2) is 0 Å². The normalized spacial score (nSPS) is 27.2. The maximum Gasteiger partial charge on any atom is 0.272 e. The zero-order valence-corrected chi connectivity index (χ0v) is 13.9. The van der Waals surface area contributed by atoms with Crippen LogP contribution in [0.3, 0.4) is 0 Å². The van der Waals surface area contributed by atoms with E-state index in [1.54, 1.807) is 16.8 Å². The number of benzene rings is 1. The standard InChI is InChI=1S/C19H20FN3O2/c20-14-2-1-3-17(9-14)25-11-15-10-18-19(24)22(4-5-23(18)21-15)16-7-12-6-13(12)8-16/h1-3,9-10,12-13,16H,4-8,11H2. The maximum atomic E-state index is 13.2. The molecule has 2 atom stereocenters. The minimum absolute atomic E-state index is 0.0852. The molecule has 1 aromatic heterocycles. The lowest BCUT2D eigenvalue weighted by Crippen LogP contribution is -2.46. The van der Waals surface area contributed by atoms with Crippen molar-refractivity contribution in [3.05, 3.63) is 47.5 Å². The van der Waals surface area contributed by atoms with Crippen molar-refractivity contribution in [1.29, 1.82) is 0 Å². The van der Waals surface area contributed by atoms with Gasteiger partial charge in [0.2, 0.25) is 0 Å². The Labute approximate surface area is 145 Å². The van der Waals surface area contributed by atoms with E-state index in [0.717, 1.165) is 24.9 Å². The molecule has 2 aliphatic carbocycles. The lowest BCUT2D eigenvalue weighted by atomic mass is 10.1. The first-order valence-electron chi connectivity index (χ1n) is 8.93. The summed E-state index contributed by atoms with van der Waals surface area (Å²) < 4.78 is 20.6. The van der Waals surface area contributed by atoms with Gasteiger partial charge in [0.05, 0.1) is 6.54 Å². The van der Waals surface area contributed by atoms with E-state index < -0.39 is 0 Å². The number of hydrogen-bond acceptors (Lipinski definition) is 3. The topological polar surface area (TPSA) is 47.4 Å². The first-order chi connectivity index (χ1) is 12.2. The second kappa shape index (κ2) is 5.58. The van der Waals surface area contributed by atoms with Gasteiger partial charge in [0.25, 0.3) is 5.91 Å². The Morgan fingerprint density at radius 1 is 1.16 bits per heavy atom. The molecule has 6 heteroatoms. The van der Waals surface area contributed by atoms with Gasteiger partial charge in [-0.05, 0) is 49.3 Å². The van der Waals surface area contributed by atoms with Crippen molar-refractivity contribution in [3.8, 4) is 5.75 Å². The van der Waals surface area contributed by atoms with Gasteiger partial charge in [-0.2, -0.15) is 5.10 Å². The summed E-state index contributed by atoms with van der Waals surface area (Å²) in [6, 6.07) is 8.25. The third-order valence-electron chi connectivity index (χ3n) is 5.71. The van der Waals surface area contributed by atoms with Gasteiger partial charge in [-0.1, -0.05) is 6.07 Å². The summed E-state index contributed by atoms with van der Waals surface area (Å²) in [6.45, 7) is 1.69. The molecule has 5 nitrogen and oxygen atoms in total. The fourth-order valence-electron chi connectivity index (χ4n) is 4.33. The van der Waals surface area contributed by atoms with E-state index in [1.165, 1.54) is 31.4 Å². The number of carbonyl (C=O) groups is 1. The zero-order valence-electron chi connectivity index (χ0n) is 13.9. The number of rotatable bonds is 4. The second-order valence-corrected chi connectivity index (χ2v) is 7.37. The molecule has 0 radical (unpaired) electrons. The molecule has 2 aromatic rings. The minimum atomic E-state index is -0.331. The Morgan fingerprint density at radius 3 is 2.80 bits per heavy atom. The number of hydrogen-bond donors (Lipinski definition) is 0. The maximum absolute atomic E-state index is 13.2. The Balaban J connectivity index is 1.29. The number of halogens is 1. The minimum Gasteiger partial charge on any atom is -0.487 e. The second-order valence-electron chi connectivity index (χ2n) is 7.37. The van der Waals surface area contributed by atoms with Crippen LogP contribution in [0, 0.1) is 17.7 Å². The molecular weight excluding hydrogens is 321 g/mol. The highest BCUT2D eigenvalue weighted by molar-refractivity contribution is 5.93. The molecule has 0 saturated heterocycles. The third kappa shape index (κ3) is 2.69. The number of carbonyl (C=O) groups excluding carboxylic acids is 1. The van der Waals surface area contributed by atoms with Crippen LogP contribution in [0.5, 0.6) is 5.75 Å². The number of amides is 1. The van der Waals surface area contributed by atoms with Crippen LogP contribution in [-0.2, 0) is 13.2 Å². The van der Waals surface area contributed by atoms with Crippen LogP contribution in [0.4, 0.5) is 4.39 Å². The number of fused-ring (bicyclic) bond motifs is 2. The van der Waals surface area contributed by atoms with E-state index >= 15 is 0 Å². The molecule has 0 bridgehead atoms. The van der Waals surface area contributed by atoms with Gasteiger partial charge in [-0.25, -0.2) is 4.39 Å². The summed E-state index contributed by atoms with van der Waals surface area (Å²) in [5.74, 6) is 1.94. The largest absolute Gasteiger partial charge is 0.487 e. The lowest BCUT2D eigenvalue weighted by molar-refractivity contribution is 0.0602. The molecule has 130 valence electrons. The van der Waals surface area contributed by atoms with Crippen LogP contribution in [-0.4, -0.2) is 33.2 Å². The zero-order chi connectivity index (χ0) is 17.0. The first kappa shape index (κ1) is 14.9. The molecule has 2 saturated carbocycles.